The van der Waals surface area contributed by atoms with Crippen LogP contribution in [-0.4, -0.2) is 37.9 Å². The zero-order valence-corrected chi connectivity index (χ0v) is 16.9. The maximum atomic E-state index is 12.0. The van der Waals surface area contributed by atoms with E-state index < -0.39 is 5.91 Å². The molecule has 0 bridgehead atoms. The van der Waals surface area contributed by atoms with Crippen LogP contribution in [0.2, 0.25) is 10.0 Å². The van der Waals surface area contributed by atoms with Gasteiger partial charge in [-0.2, -0.15) is 0 Å². The highest BCUT2D eigenvalue weighted by Gasteiger charge is 2.11. The monoisotopic (exact) mass is 422 g/mol. The number of hydrogen-bond acceptors (Lipinski definition) is 4. The minimum Gasteiger partial charge on any atom is -0.375 e. The van der Waals surface area contributed by atoms with Gasteiger partial charge in [0.05, 0.1) is 23.8 Å². The molecule has 3 amide bonds. The van der Waals surface area contributed by atoms with E-state index >= 15 is 0 Å². The third kappa shape index (κ3) is 5.87. The fraction of sp³-hybridized carbons (Fsp3) is 0.211. The minimum atomic E-state index is -0.403. The highest BCUT2D eigenvalue weighted by atomic mass is 35.5. The smallest absolute Gasteiger partial charge is 0.251 e. The van der Waals surface area contributed by atoms with E-state index in [-0.39, 0.29) is 24.9 Å². The lowest BCUT2D eigenvalue weighted by molar-refractivity contribution is -0.122. The Hall–Kier alpha value is -2.77. The summed E-state index contributed by atoms with van der Waals surface area (Å²) >= 11 is 12.1. The first kappa shape index (κ1) is 21.5. The molecule has 2 aromatic rings. The van der Waals surface area contributed by atoms with Crippen LogP contribution in [0.25, 0.3) is 0 Å². The minimum absolute atomic E-state index is 0.111. The molecule has 9 heteroatoms. The second kappa shape index (κ2) is 9.96. The normalized spacial score (nSPS) is 10.1. The molecule has 0 aliphatic carbocycles. The van der Waals surface area contributed by atoms with E-state index in [9.17, 15) is 14.4 Å². The Morgan fingerprint density at radius 2 is 1.68 bits per heavy atom. The molecule has 0 saturated carbocycles. The van der Waals surface area contributed by atoms with Crippen LogP contribution in [0, 0.1) is 6.92 Å². The van der Waals surface area contributed by atoms with Crippen LogP contribution in [0.15, 0.2) is 36.4 Å². The first-order chi connectivity index (χ1) is 13.3. The topological polar surface area (TPSA) is 99.3 Å². The summed E-state index contributed by atoms with van der Waals surface area (Å²) < 4.78 is 0. The Balaban J connectivity index is 1.85. The first-order valence-corrected chi connectivity index (χ1v) is 9.14. The molecule has 148 valence electrons. The molecule has 0 aliphatic rings. The van der Waals surface area contributed by atoms with Gasteiger partial charge in [0.1, 0.15) is 0 Å². The zero-order chi connectivity index (χ0) is 20.7. The maximum absolute atomic E-state index is 12.0. The van der Waals surface area contributed by atoms with Crippen LogP contribution >= 0.6 is 23.2 Å². The molecule has 0 aliphatic heterocycles. The average molecular weight is 423 g/mol. The summed E-state index contributed by atoms with van der Waals surface area (Å²) in [5.41, 5.74) is 2.18. The number of anilines is 2. The van der Waals surface area contributed by atoms with Gasteiger partial charge >= 0.3 is 0 Å². The average Bonchev–Trinajstić information content (AvgIpc) is 2.68. The van der Waals surface area contributed by atoms with E-state index in [2.05, 4.69) is 21.3 Å². The van der Waals surface area contributed by atoms with Gasteiger partial charge in [0, 0.05) is 23.3 Å². The van der Waals surface area contributed by atoms with Gasteiger partial charge in [-0.25, -0.2) is 0 Å². The molecule has 0 radical (unpaired) electrons. The van der Waals surface area contributed by atoms with Crippen molar-refractivity contribution in [1.82, 2.24) is 10.6 Å². The summed E-state index contributed by atoms with van der Waals surface area (Å²) in [5.74, 6) is -1.05. The van der Waals surface area contributed by atoms with Crippen molar-refractivity contribution in [2.75, 3.05) is 30.8 Å². The number of carbonyl (C=O) groups is 3. The molecule has 0 unspecified atom stereocenters. The van der Waals surface area contributed by atoms with E-state index in [0.29, 0.717) is 27.0 Å². The standard InChI is InChI=1S/C19H20Cl2N4O3/c1-11-13(20)4-3-5-15(11)25-18(27)10-24-17(26)9-23-16-8-12(19(28)22-2)6-7-14(16)21/h3-8,23H,9-10H2,1-2H3,(H,22,28)(H,24,26)(H,25,27). The van der Waals surface area contributed by atoms with Gasteiger partial charge in [-0.15, -0.1) is 0 Å². The van der Waals surface area contributed by atoms with Gasteiger partial charge in [-0.1, -0.05) is 29.3 Å². The predicted octanol–water partition coefficient (Wildman–Crippen LogP) is 2.83. The van der Waals surface area contributed by atoms with Crippen LogP contribution in [0.5, 0.6) is 0 Å². The van der Waals surface area contributed by atoms with Gasteiger partial charge in [-0.3, -0.25) is 14.4 Å². The number of carbonyl (C=O) groups excluding carboxylic acids is 3. The third-order valence-electron chi connectivity index (χ3n) is 3.88. The Bertz CT molecular complexity index is 903. The van der Waals surface area contributed by atoms with Crippen molar-refractivity contribution in [2.24, 2.45) is 0 Å². The third-order valence-corrected chi connectivity index (χ3v) is 4.62. The molecule has 0 aromatic heterocycles. The summed E-state index contributed by atoms with van der Waals surface area (Å²) in [4.78, 5) is 35.7. The summed E-state index contributed by atoms with van der Waals surface area (Å²) in [6, 6.07) is 9.86. The fourth-order valence-electron chi connectivity index (χ4n) is 2.30. The SMILES string of the molecule is CNC(=O)c1ccc(Cl)c(NCC(=O)NCC(=O)Nc2cccc(Cl)c2C)c1. The lowest BCUT2D eigenvalue weighted by Gasteiger charge is -2.12. The summed E-state index contributed by atoms with van der Waals surface area (Å²) in [6.45, 7) is 1.48. The quantitative estimate of drug-likeness (QED) is 0.551. The largest absolute Gasteiger partial charge is 0.375 e. The van der Waals surface area contributed by atoms with Crippen molar-refractivity contribution in [2.45, 2.75) is 6.92 Å². The van der Waals surface area contributed by atoms with Crippen molar-refractivity contribution in [3.8, 4) is 0 Å². The summed E-state index contributed by atoms with van der Waals surface area (Å²) in [7, 11) is 1.52. The Morgan fingerprint density at radius 3 is 2.39 bits per heavy atom. The van der Waals surface area contributed by atoms with Crippen LogP contribution < -0.4 is 21.3 Å². The van der Waals surface area contributed by atoms with E-state index in [4.69, 9.17) is 23.2 Å². The lowest BCUT2D eigenvalue weighted by Crippen LogP contribution is -2.36. The molecule has 28 heavy (non-hydrogen) atoms. The molecule has 0 atom stereocenters. The van der Waals surface area contributed by atoms with E-state index in [1.165, 1.54) is 7.05 Å². The molecular formula is C19H20Cl2N4O3. The van der Waals surface area contributed by atoms with E-state index in [1.807, 2.05) is 0 Å². The van der Waals surface area contributed by atoms with Crippen molar-refractivity contribution in [3.05, 3.63) is 57.6 Å². The fourth-order valence-corrected chi connectivity index (χ4v) is 2.66. The summed E-state index contributed by atoms with van der Waals surface area (Å²) in [6.07, 6.45) is 0. The maximum Gasteiger partial charge on any atom is 0.251 e. The predicted molar refractivity (Wildman–Crippen MR) is 111 cm³/mol. The van der Waals surface area contributed by atoms with Crippen molar-refractivity contribution >= 4 is 52.3 Å². The molecule has 7 nitrogen and oxygen atoms in total. The Labute approximate surface area is 172 Å². The molecule has 4 N–H and O–H groups in total. The van der Waals surface area contributed by atoms with E-state index in [1.54, 1.807) is 43.3 Å². The van der Waals surface area contributed by atoms with Gasteiger partial charge in [0.2, 0.25) is 11.8 Å². The second-order valence-electron chi connectivity index (χ2n) is 5.86. The molecule has 0 saturated heterocycles. The molecule has 2 rings (SSSR count). The number of benzene rings is 2. The molecule has 0 spiro atoms. The van der Waals surface area contributed by atoms with Crippen LogP contribution in [0.1, 0.15) is 15.9 Å². The van der Waals surface area contributed by atoms with Crippen molar-refractivity contribution < 1.29 is 14.4 Å². The highest BCUT2D eigenvalue weighted by Crippen LogP contribution is 2.23. The zero-order valence-electron chi connectivity index (χ0n) is 15.4. The van der Waals surface area contributed by atoms with Gasteiger partial charge < -0.3 is 21.3 Å². The van der Waals surface area contributed by atoms with E-state index in [0.717, 1.165) is 5.56 Å². The molecule has 2 aromatic carbocycles. The number of amides is 3. The second-order valence-corrected chi connectivity index (χ2v) is 6.68. The van der Waals surface area contributed by atoms with Gasteiger partial charge in [-0.05, 0) is 42.8 Å². The van der Waals surface area contributed by atoms with Crippen LogP contribution in [0.4, 0.5) is 11.4 Å². The number of nitrogens with one attached hydrogen (secondary N) is 4. The van der Waals surface area contributed by atoms with Crippen molar-refractivity contribution in [1.29, 1.82) is 0 Å². The summed E-state index contributed by atoms with van der Waals surface area (Å²) in [5, 5.41) is 11.5. The van der Waals surface area contributed by atoms with Crippen molar-refractivity contribution in [3.63, 3.8) is 0 Å². The molecule has 0 fully saturated rings. The number of halogens is 2. The van der Waals surface area contributed by atoms with Gasteiger partial charge in [0.25, 0.3) is 5.91 Å². The molecular weight excluding hydrogens is 403 g/mol. The first-order valence-electron chi connectivity index (χ1n) is 8.39. The van der Waals surface area contributed by atoms with Gasteiger partial charge in [0.15, 0.2) is 0 Å². The Morgan fingerprint density at radius 1 is 0.929 bits per heavy atom. The van der Waals surface area contributed by atoms with Crippen LogP contribution in [-0.2, 0) is 9.59 Å². The molecule has 0 heterocycles. The number of hydrogen-bond donors (Lipinski definition) is 4. The highest BCUT2D eigenvalue weighted by molar-refractivity contribution is 6.33. The number of rotatable bonds is 7. The lowest BCUT2D eigenvalue weighted by atomic mass is 10.2. The van der Waals surface area contributed by atoms with Crippen LogP contribution in [0.3, 0.4) is 0 Å². The Kier molecular flexibility index (Phi) is 7.66.